The molecule has 0 aliphatic carbocycles. The quantitative estimate of drug-likeness (QED) is 0.193. The fourth-order valence-corrected chi connectivity index (χ4v) is 7.42. The minimum atomic E-state index is 0.644. The molecule has 0 unspecified atom stereocenters. The summed E-state index contributed by atoms with van der Waals surface area (Å²) in [4.78, 5) is 20.2. The van der Waals surface area contributed by atoms with Gasteiger partial charge in [-0.3, -0.25) is 0 Å². The van der Waals surface area contributed by atoms with Crippen LogP contribution in [0.5, 0.6) is 0 Å². The summed E-state index contributed by atoms with van der Waals surface area (Å²) in [5, 5.41) is 5.63. The molecule has 0 saturated heterocycles. The predicted molar refractivity (Wildman–Crippen MR) is 195 cm³/mol. The molecule has 0 aliphatic heterocycles. The molecule has 2 aromatic heterocycles. The van der Waals surface area contributed by atoms with Crippen molar-refractivity contribution in [2.45, 2.75) is 0 Å². The summed E-state index contributed by atoms with van der Waals surface area (Å²) in [7, 11) is 0. The Kier molecular flexibility index (Phi) is 6.61. The van der Waals surface area contributed by atoms with Gasteiger partial charge in [-0.1, -0.05) is 140 Å². The molecule has 220 valence electrons. The molecule has 0 fully saturated rings. The molecular formula is C42H26N4S. The van der Waals surface area contributed by atoms with E-state index >= 15 is 0 Å². The zero-order chi connectivity index (χ0) is 31.2. The highest BCUT2D eigenvalue weighted by atomic mass is 32.1. The van der Waals surface area contributed by atoms with Gasteiger partial charge >= 0.3 is 0 Å². The largest absolute Gasteiger partial charge is 0.236 e. The highest BCUT2D eigenvalue weighted by Gasteiger charge is 2.18. The molecule has 0 atom stereocenters. The van der Waals surface area contributed by atoms with Crippen molar-refractivity contribution in [2.75, 3.05) is 0 Å². The average Bonchev–Trinajstić information content (AvgIpc) is 3.60. The van der Waals surface area contributed by atoms with Gasteiger partial charge in [-0.25, -0.2) is 19.9 Å². The molecule has 5 heteroatoms. The van der Waals surface area contributed by atoms with Crippen molar-refractivity contribution < 1.29 is 0 Å². The Morgan fingerprint density at radius 3 is 1.68 bits per heavy atom. The van der Waals surface area contributed by atoms with Crippen molar-refractivity contribution in [3.63, 3.8) is 0 Å². The second-order valence-electron chi connectivity index (χ2n) is 11.5. The van der Waals surface area contributed by atoms with Gasteiger partial charge in [0.25, 0.3) is 0 Å². The lowest BCUT2D eigenvalue weighted by Crippen LogP contribution is -2.00. The molecule has 0 saturated carbocycles. The molecule has 0 aliphatic rings. The molecule has 0 spiro atoms. The van der Waals surface area contributed by atoms with Crippen LogP contribution in [0.25, 0.3) is 87.6 Å². The molecule has 47 heavy (non-hydrogen) atoms. The lowest BCUT2D eigenvalue weighted by molar-refractivity contribution is 1.08. The summed E-state index contributed by atoms with van der Waals surface area (Å²) in [5.41, 5.74) is 7.26. The van der Waals surface area contributed by atoms with E-state index in [1.807, 2.05) is 66.7 Å². The van der Waals surface area contributed by atoms with Crippen molar-refractivity contribution in [1.82, 2.24) is 19.9 Å². The summed E-state index contributed by atoms with van der Waals surface area (Å²) >= 11 is 1.75. The van der Waals surface area contributed by atoms with Gasteiger partial charge in [0.05, 0.1) is 10.2 Å². The topological polar surface area (TPSA) is 51.6 Å². The van der Waals surface area contributed by atoms with E-state index in [2.05, 4.69) is 91.0 Å². The third-order valence-corrected chi connectivity index (χ3v) is 9.67. The van der Waals surface area contributed by atoms with Crippen molar-refractivity contribution >= 4 is 43.1 Å². The zero-order valence-corrected chi connectivity index (χ0v) is 26.0. The van der Waals surface area contributed by atoms with Crippen LogP contribution in [-0.2, 0) is 0 Å². The standard InChI is InChI=1S/C42H26N4S/c1-4-13-28(14-5-1)39-44-40(29-15-6-2-7-16-29)46-41(45-39)35-26-32(25-31-19-10-11-21-33(31)35)34-22-12-20-27-23-24-36-38(37(27)34)47-42(43-36)30-17-8-3-9-18-30/h1-26H. The van der Waals surface area contributed by atoms with Gasteiger partial charge in [0.15, 0.2) is 17.5 Å². The van der Waals surface area contributed by atoms with E-state index in [1.54, 1.807) is 11.3 Å². The normalized spacial score (nSPS) is 11.4. The predicted octanol–water partition coefficient (Wildman–Crippen LogP) is 11.1. The second-order valence-corrected chi connectivity index (χ2v) is 12.5. The summed E-state index contributed by atoms with van der Waals surface area (Å²) in [5.74, 6) is 1.94. The van der Waals surface area contributed by atoms with E-state index < -0.39 is 0 Å². The first-order valence-corrected chi connectivity index (χ1v) is 16.4. The number of nitrogens with zero attached hydrogens (tertiary/aromatic N) is 4. The molecule has 0 bridgehead atoms. The van der Waals surface area contributed by atoms with Gasteiger partial charge in [0.2, 0.25) is 0 Å². The number of aromatic nitrogens is 4. The van der Waals surface area contributed by atoms with E-state index in [1.165, 1.54) is 15.5 Å². The van der Waals surface area contributed by atoms with Crippen LogP contribution in [0.2, 0.25) is 0 Å². The number of hydrogen-bond acceptors (Lipinski definition) is 5. The maximum atomic E-state index is 5.10. The Hall–Kier alpha value is -6.04. The van der Waals surface area contributed by atoms with E-state index in [-0.39, 0.29) is 0 Å². The third-order valence-electron chi connectivity index (χ3n) is 8.53. The Morgan fingerprint density at radius 2 is 0.979 bits per heavy atom. The fourth-order valence-electron chi connectivity index (χ4n) is 6.28. The van der Waals surface area contributed by atoms with E-state index in [0.29, 0.717) is 17.5 Å². The Morgan fingerprint density at radius 1 is 0.383 bits per heavy atom. The van der Waals surface area contributed by atoms with Crippen LogP contribution in [0.3, 0.4) is 0 Å². The number of benzene rings is 7. The molecule has 4 nitrogen and oxygen atoms in total. The molecule has 0 N–H and O–H groups in total. The average molecular weight is 619 g/mol. The highest BCUT2D eigenvalue weighted by molar-refractivity contribution is 7.22. The van der Waals surface area contributed by atoms with E-state index in [9.17, 15) is 0 Å². The van der Waals surface area contributed by atoms with Crippen LogP contribution in [0.1, 0.15) is 0 Å². The van der Waals surface area contributed by atoms with Crippen molar-refractivity contribution in [3.8, 4) is 55.9 Å². The molecule has 0 radical (unpaired) electrons. The Balaban J connectivity index is 1.30. The first-order valence-electron chi connectivity index (χ1n) is 15.6. The summed E-state index contributed by atoms with van der Waals surface area (Å²) in [6.07, 6.45) is 0. The van der Waals surface area contributed by atoms with Crippen LogP contribution in [-0.4, -0.2) is 19.9 Å². The van der Waals surface area contributed by atoms with Crippen molar-refractivity contribution in [2.24, 2.45) is 0 Å². The lowest BCUT2D eigenvalue weighted by atomic mass is 9.93. The first-order chi connectivity index (χ1) is 23.3. The Labute approximate surface area is 275 Å². The SMILES string of the molecule is c1ccc(-c2nc(-c3ccccc3)nc(-c3cc(-c4cccc5ccc6nc(-c7ccccc7)sc6c45)cc4ccccc34)n2)cc1. The van der Waals surface area contributed by atoms with Crippen LogP contribution in [0, 0.1) is 0 Å². The van der Waals surface area contributed by atoms with Gasteiger partial charge in [-0.05, 0) is 45.5 Å². The molecule has 9 rings (SSSR count). The Bertz CT molecular complexity index is 2500. The van der Waals surface area contributed by atoms with Crippen LogP contribution in [0.4, 0.5) is 0 Å². The van der Waals surface area contributed by atoms with Gasteiger partial charge in [-0.2, -0.15) is 0 Å². The van der Waals surface area contributed by atoms with Crippen molar-refractivity contribution in [3.05, 3.63) is 158 Å². The minimum absolute atomic E-state index is 0.644. The molecule has 9 aromatic rings. The minimum Gasteiger partial charge on any atom is -0.236 e. The molecule has 0 amide bonds. The monoisotopic (exact) mass is 618 g/mol. The van der Waals surface area contributed by atoms with Gasteiger partial charge in [0.1, 0.15) is 5.01 Å². The van der Waals surface area contributed by atoms with Gasteiger partial charge in [0, 0.05) is 27.6 Å². The smallest absolute Gasteiger partial charge is 0.164 e. The highest BCUT2D eigenvalue weighted by Crippen LogP contribution is 2.42. The lowest BCUT2D eigenvalue weighted by Gasteiger charge is -2.14. The zero-order valence-electron chi connectivity index (χ0n) is 25.2. The maximum absolute atomic E-state index is 5.10. The summed E-state index contributed by atoms with van der Waals surface area (Å²) in [6.45, 7) is 0. The van der Waals surface area contributed by atoms with E-state index in [0.717, 1.165) is 54.7 Å². The van der Waals surface area contributed by atoms with Crippen LogP contribution >= 0.6 is 11.3 Å². The number of thiazole rings is 1. The van der Waals surface area contributed by atoms with Crippen LogP contribution in [0.15, 0.2) is 158 Å². The van der Waals surface area contributed by atoms with Gasteiger partial charge in [-0.15, -0.1) is 11.3 Å². The summed E-state index contributed by atoms with van der Waals surface area (Å²) < 4.78 is 1.18. The fraction of sp³-hybridized carbons (Fsp3) is 0. The first kappa shape index (κ1) is 27.3. The number of rotatable bonds is 5. The molecular weight excluding hydrogens is 593 g/mol. The van der Waals surface area contributed by atoms with Gasteiger partial charge < -0.3 is 0 Å². The summed E-state index contributed by atoms with van der Waals surface area (Å²) in [6, 6.07) is 54.5. The van der Waals surface area contributed by atoms with Crippen molar-refractivity contribution in [1.29, 1.82) is 0 Å². The molecule has 7 aromatic carbocycles. The second kappa shape index (κ2) is 11.4. The molecule has 2 heterocycles. The third kappa shape index (κ3) is 4.94. The number of hydrogen-bond donors (Lipinski definition) is 0. The number of fused-ring (bicyclic) bond motifs is 4. The van der Waals surface area contributed by atoms with E-state index in [4.69, 9.17) is 19.9 Å². The van der Waals surface area contributed by atoms with Crippen LogP contribution < -0.4 is 0 Å². The maximum Gasteiger partial charge on any atom is 0.164 e.